The van der Waals surface area contributed by atoms with Crippen LogP contribution in [0.3, 0.4) is 0 Å². The van der Waals surface area contributed by atoms with Crippen LogP contribution in [0.5, 0.6) is 0 Å². The topological polar surface area (TPSA) is 65.5 Å². The van der Waals surface area contributed by atoms with E-state index in [1.807, 2.05) is 6.07 Å². The van der Waals surface area contributed by atoms with Crippen LogP contribution in [0.4, 0.5) is 4.39 Å². The number of para-hydroxylation sites is 1. The molecule has 1 aromatic heterocycles. The summed E-state index contributed by atoms with van der Waals surface area (Å²) in [5, 5.41) is 0.791. The normalized spacial score (nSPS) is 17.6. The first-order chi connectivity index (χ1) is 11.1. The van der Waals surface area contributed by atoms with Gasteiger partial charge in [-0.15, -0.1) is 0 Å². The van der Waals surface area contributed by atoms with Gasteiger partial charge in [-0.2, -0.15) is 0 Å². The molecule has 3 rings (SSSR count). The number of nitrogens with one attached hydrogen (secondary N) is 1. The first-order valence-electron chi connectivity index (χ1n) is 7.66. The maximum absolute atomic E-state index is 13.7. The molecular formula is C17H18FN3O2. The van der Waals surface area contributed by atoms with E-state index < -0.39 is 6.04 Å². The summed E-state index contributed by atoms with van der Waals surface area (Å²) in [6.45, 7) is 3.83. The van der Waals surface area contributed by atoms with Gasteiger partial charge in [0, 0.05) is 24.5 Å². The molecule has 1 atom stereocenters. The quantitative estimate of drug-likeness (QED) is 0.881. The Balaban J connectivity index is 1.70. The van der Waals surface area contributed by atoms with Gasteiger partial charge in [0.15, 0.2) is 0 Å². The number of carbonyl (C=O) groups excluding carboxylic acids is 2. The average Bonchev–Trinajstić information content (AvgIpc) is 3.19. The van der Waals surface area contributed by atoms with Gasteiger partial charge in [-0.25, -0.2) is 9.38 Å². The molecular weight excluding hydrogens is 297 g/mol. The summed E-state index contributed by atoms with van der Waals surface area (Å²) in [7, 11) is 0. The van der Waals surface area contributed by atoms with Gasteiger partial charge in [0.1, 0.15) is 11.9 Å². The Morgan fingerprint density at radius 2 is 2.26 bits per heavy atom. The molecule has 0 aliphatic carbocycles. The van der Waals surface area contributed by atoms with Crippen molar-refractivity contribution in [3.8, 4) is 0 Å². The van der Waals surface area contributed by atoms with E-state index in [4.69, 9.17) is 0 Å². The van der Waals surface area contributed by atoms with Crippen LogP contribution in [0.2, 0.25) is 0 Å². The molecule has 0 unspecified atom stereocenters. The Labute approximate surface area is 133 Å². The maximum Gasteiger partial charge on any atom is 0.267 e. The first-order valence-corrected chi connectivity index (χ1v) is 7.66. The van der Waals surface area contributed by atoms with Crippen molar-refractivity contribution in [3.63, 3.8) is 0 Å². The number of aromatic amines is 1. The lowest BCUT2D eigenvalue weighted by atomic mass is 10.1. The molecule has 2 aromatic rings. The molecule has 120 valence electrons. The Bertz CT molecular complexity index is 768. The predicted octanol–water partition coefficient (Wildman–Crippen LogP) is 2.46. The van der Waals surface area contributed by atoms with Crippen molar-refractivity contribution in [2.75, 3.05) is 6.54 Å². The third-order valence-corrected chi connectivity index (χ3v) is 4.37. The van der Waals surface area contributed by atoms with E-state index in [2.05, 4.69) is 16.7 Å². The van der Waals surface area contributed by atoms with E-state index in [-0.39, 0.29) is 24.1 Å². The van der Waals surface area contributed by atoms with E-state index in [1.165, 1.54) is 6.07 Å². The standard InChI is InChI=1S/C17H18FN3O2/c1-19-17(23)14-6-3-9-21(14)15(22)8-7-11-10-20-16-12(11)4-2-5-13(16)18/h2,4-5,10,14,20H,1,3,6-9H2/t14-/m0/s1. The number of hydrogen-bond donors (Lipinski definition) is 1. The van der Waals surface area contributed by atoms with Crippen LogP contribution in [-0.2, 0) is 16.0 Å². The highest BCUT2D eigenvalue weighted by Gasteiger charge is 2.33. The molecule has 1 aliphatic rings. The molecule has 1 aliphatic heterocycles. The summed E-state index contributed by atoms with van der Waals surface area (Å²) >= 11 is 0. The summed E-state index contributed by atoms with van der Waals surface area (Å²) in [6, 6.07) is 4.41. The van der Waals surface area contributed by atoms with Crippen molar-refractivity contribution < 1.29 is 14.0 Å². The highest BCUT2D eigenvalue weighted by atomic mass is 19.1. The molecule has 5 nitrogen and oxygen atoms in total. The summed E-state index contributed by atoms with van der Waals surface area (Å²) in [5.74, 6) is -0.720. The number of aliphatic imine (C=N–C) groups is 1. The zero-order valence-corrected chi connectivity index (χ0v) is 12.7. The van der Waals surface area contributed by atoms with Crippen molar-refractivity contribution in [1.82, 2.24) is 9.88 Å². The van der Waals surface area contributed by atoms with E-state index >= 15 is 0 Å². The monoisotopic (exact) mass is 315 g/mol. The minimum atomic E-state index is -0.472. The Morgan fingerprint density at radius 1 is 1.43 bits per heavy atom. The lowest BCUT2D eigenvalue weighted by Crippen LogP contribution is -2.39. The average molecular weight is 315 g/mol. The van der Waals surface area contributed by atoms with Crippen LogP contribution in [0, 0.1) is 5.82 Å². The van der Waals surface area contributed by atoms with Crippen molar-refractivity contribution in [3.05, 3.63) is 35.8 Å². The van der Waals surface area contributed by atoms with Crippen LogP contribution in [-0.4, -0.2) is 41.0 Å². The van der Waals surface area contributed by atoms with Crippen molar-refractivity contribution in [2.45, 2.75) is 31.7 Å². The Morgan fingerprint density at radius 3 is 3.04 bits per heavy atom. The molecule has 0 bridgehead atoms. The number of likely N-dealkylation sites (tertiary alicyclic amines) is 1. The molecule has 0 saturated carbocycles. The molecule has 1 saturated heterocycles. The number of hydrogen-bond acceptors (Lipinski definition) is 2. The number of aryl methyl sites for hydroxylation is 1. The molecule has 1 fully saturated rings. The lowest BCUT2D eigenvalue weighted by Gasteiger charge is -2.22. The predicted molar refractivity (Wildman–Crippen MR) is 85.9 cm³/mol. The van der Waals surface area contributed by atoms with Gasteiger partial charge in [-0.3, -0.25) is 9.59 Å². The Kier molecular flexibility index (Phi) is 4.23. The zero-order chi connectivity index (χ0) is 16.4. The second kappa shape index (κ2) is 6.32. The molecule has 2 heterocycles. The summed E-state index contributed by atoms with van der Waals surface area (Å²) in [5.41, 5.74) is 1.36. The molecule has 0 radical (unpaired) electrons. The number of halogens is 1. The van der Waals surface area contributed by atoms with Gasteiger partial charge in [-0.1, -0.05) is 12.1 Å². The third kappa shape index (κ3) is 2.88. The largest absolute Gasteiger partial charge is 0.359 e. The second-order valence-corrected chi connectivity index (χ2v) is 5.72. The SMILES string of the molecule is C=NC(=O)[C@@H]1CCCN1C(=O)CCc1c[nH]c2c(F)cccc12. The highest BCUT2D eigenvalue weighted by Crippen LogP contribution is 2.24. The Hall–Kier alpha value is -2.50. The van der Waals surface area contributed by atoms with E-state index in [0.717, 1.165) is 17.4 Å². The van der Waals surface area contributed by atoms with Crippen molar-refractivity contribution >= 4 is 29.4 Å². The van der Waals surface area contributed by atoms with Gasteiger partial charge in [0.25, 0.3) is 5.91 Å². The second-order valence-electron chi connectivity index (χ2n) is 5.72. The molecule has 0 spiro atoms. The van der Waals surface area contributed by atoms with Crippen molar-refractivity contribution in [1.29, 1.82) is 0 Å². The number of amides is 2. The van der Waals surface area contributed by atoms with Crippen LogP contribution in [0.1, 0.15) is 24.8 Å². The highest BCUT2D eigenvalue weighted by molar-refractivity contribution is 5.91. The number of H-pyrrole nitrogens is 1. The molecule has 6 heteroatoms. The van der Waals surface area contributed by atoms with Gasteiger partial charge < -0.3 is 9.88 Å². The van der Waals surface area contributed by atoms with Crippen molar-refractivity contribution in [2.24, 2.45) is 4.99 Å². The fourth-order valence-corrected chi connectivity index (χ4v) is 3.19. The lowest BCUT2D eigenvalue weighted by molar-refractivity contribution is -0.137. The molecule has 2 amide bonds. The van der Waals surface area contributed by atoms with Gasteiger partial charge in [0.05, 0.1) is 5.52 Å². The number of benzene rings is 1. The first kappa shape index (κ1) is 15.4. The number of aromatic nitrogens is 1. The van der Waals surface area contributed by atoms with Gasteiger partial charge in [-0.05, 0) is 37.6 Å². The summed E-state index contributed by atoms with van der Waals surface area (Å²) < 4.78 is 13.7. The minimum absolute atomic E-state index is 0.0738. The summed E-state index contributed by atoms with van der Waals surface area (Å²) in [4.78, 5) is 32.0. The van der Waals surface area contributed by atoms with Crippen LogP contribution in [0.15, 0.2) is 29.4 Å². The van der Waals surface area contributed by atoms with E-state index in [1.54, 1.807) is 17.2 Å². The van der Waals surface area contributed by atoms with E-state index in [0.29, 0.717) is 24.9 Å². The zero-order valence-electron chi connectivity index (χ0n) is 12.7. The third-order valence-electron chi connectivity index (χ3n) is 4.37. The fraction of sp³-hybridized carbons (Fsp3) is 0.353. The van der Waals surface area contributed by atoms with Gasteiger partial charge >= 0.3 is 0 Å². The van der Waals surface area contributed by atoms with Gasteiger partial charge in [0.2, 0.25) is 5.91 Å². The smallest absolute Gasteiger partial charge is 0.267 e. The van der Waals surface area contributed by atoms with Crippen LogP contribution < -0.4 is 0 Å². The molecule has 23 heavy (non-hydrogen) atoms. The van der Waals surface area contributed by atoms with E-state index in [9.17, 15) is 14.0 Å². The maximum atomic E-state index is 13.7. The minimum Gasteiger partial charge on any atom is -0.359 e. The number of carbonyl (C=O) groups is 2. The molecule has 1 aromatic carbocycles. The number of fused-ring (bicyclic) bond motifs is 1. The number of nitrogens with zero attached hydrogens (tertiary/aromatic N) is 2. The molecule has 1 N–H and O–H groups in total. The van der Waals surface area contributed by atoms with Crippen LogP contribution >= 0.6 is 0 Å². The van der Waals surface area contributed by atoms with Crippen LogP contribution in [0.25, 0.3) is 10.9 Å². The fourth-order valence-electron chi connectivity index (χ4n) is 3.19. The summed E-state index contributed by atoms with van der Waals surface area (Å²) in [6.07, 6.45) is 3.96. The number of rotatable bonds is 4.